The van der Waals surface area contributed by atoms with Gasteiger partial charge in [-0.3, -0.25) is 0 Å². The van der Waals surface area contributed by atoms with Crippen LogP contribution in [0, 0.1) is 0 Å². The Morgan fingerprint density at radius 1 is 0.739 bits per heavy atom. The van der Waals surface area contributed by atoms with Crippen LogP contribution in [0.3, 0.4) is 0 Å². The molecule has 0 unspecified atom stereocenters. The van der Waals surface area contributed by atoms with Crippen molar-refractivity contribution < 1.29 is 14.3 Å². The highest BCUT2D eigenvalue weighted by molar-refractivity contribution is 8.05. The van der Waals surface area contributed by atoms with E-state index in [9.17, 15) is 9.79 Å². The van der Waals surface area contributed by atoms with Gasteiger partial charge in [-0.2, -0.15) is 0 Å². The summed E-state index contributed by atoms with van der Waals surface area (Å²) in [4.78, 5) is 21.2. The SMILES string of the molecule is CCCCCCCC/C=C\CCCCCCCCOP([O-])([O-])=S. The van der Waals surface area contributed by atoms with Crippen molar-refractivity contribution in [1.29, 1.82) is 0 Å². The summed E-state index contributed by atoms with van der Waals surface area (Å²) in [6, 6.07) is 0. The molecule has 0 spiro atoms. The highest BCUT2D eigenvalue weighted by Crippen LogP contribution is 2.25. The first-order chi connectivity index (χ1) is 11.1. The summed E-state index contributed by atoms with van der Waals surface area (Å²) < 4.78 is 4.55. The molecule has 0 aliphatic carbocycles. The molecule has 0 N–H and O–H groups in total. The second kappa shape index (κ2) is 17.1. The van der Waals surface area contributed by atoms with Crippen LogP contribution < -0.4 is 9.79 Å². The van der Waals surface area contributed by atoms with Crippen molar-refractivity contribution in [3.8, 4) is 0 Å². The van der Waals surface area contributed by atoms with Crippen molar-refractivity contribution in [1.82, 2.24) is 0 Å². The quantitative estimate of drug-likeness (QED) is 0.208. The standard InChI is InChI=1S/C18H37O3PS/c1-2-3-4-5-6-7-8-9-10-11-12-13-14-15-16-17-18-21-22(19,20)23/h9-10H,2-8,11-18H2,1H3,(H2,19,20,23)/p-2/b10-9-. The first-order valence-corrected chi connectivity index (χ1v) is 11.9. The average Bonchev–Trinajstić information content (AvgIpc) is 2.49. The summed E-state index contributed by atoms with van der Waals surface area (Å²) in [6.45, 7) is -1.43. The number of hydrogen-bond acceptors (Lipinski definition) is 4. The average molecular weight is 363 g/mol. The van der Waals surface area contributed by atoms with Crippen LogP contribution in [0.15, 0.2) is 12.2 Å². The van der Waals surface area contributed by atoms with Gasteiger partial charge in [0.1, 0.15) is 0 Å². The molecule has 0 saturated carbocycles. The van der Waals surface area contributed by atoms with Crippen LogP contribution in [0.5, 0.6) is 0 Å². The monoisotopic (exact) mass is 362 g/mol. The Kier molecular flexibility index (Phi) is 17.3. The lowest BCUT2D eigenvalue weighted by molar-refractivity contribution is -0.321. The lowest BCUT2D eigenvalue weighted by Crippen LogP contribution is -2.16. The molecule has 0 aromatic rings. The Bertz CT molecular complexity index is 315. The van der Waals surface area contributed by atoms with Gasteiger partial charge in [-0.25, -0.2) is 0 Å². The van der Waals surface area contributed by atoms with Gasteiger partial charge in [-0.15, -0.1) is 11.8 Å². The third-order valence-corrected chi connectivity index (χ3v) is 4.72. The Balaban J connectivity index is 3.12. The summed E-state index contributed by atoms with van der Waals surface area (Å²) in [5, 5.41) is 0. The fraction of sp³-hybridized carbons (Fsp3) is 0.889. The van der Waals surface area contributed by atoms with Crippen molar-refractivity contribution >= 4 is 18.5 Å². The van der Waals surface area contributed by atoms with Crippen LogP contribution in [-0.4, -0.2) is 6.61 Å². The van der Waals surface area contributed by atoms with E-state index in [4.69, 9.17) is 0 Å². The van der Waals surface area contributed by atoms with E-state index in [0.29, 0.717) is 0 Å². The minimum atomic E-state index is -3.93. The normalized spacial score (nSPS) is 12.3. The van der Waals surface area contributed by atoms with Crippen molar-refractivity contribution in [3.05, 3.63) is 12.2 Å². The van der Waals surface area contributed by atoms with Gasteiger partial charge in [0.15, 0.2) is 0 Å². The largest absolute Gasteiger partial charge is 0.812 e. The Labute approximate surface area is 148 Å². The fourth-order valence-electron chi connectivity index (χ4n) is 2.53. The third-order valence-electron chi connectivity index (χ3n) is 3.91. The van der Waals surface area contributed by atoms with E-state index in [-0.39, 0.29) is 6.61 Å². The van der Waals surface area contributed by atoms with E-state index in [0.717, 1.165) is 19.3 Å². The maximum atomic E-state index is 10.6. The Morgan fingerprint density at radius 2 is 1.17 bits per heavy atom. The molecule has 0 heterocycles. The van der Waals surface area contributed by atoms with E-state index in [1.807, 2.05) is 0 Å². The lowest BCUT2D eigenvalue weighted by atomic mass is 10.1. The van der Waals surface area contributed by atoms with E-state index in [1.54, 1.807) is 0 Å². The molecule has 0 rings (SSSR count). The molecule has 0 fully saturated rings. The molecular weight excluding hydrogens is 327 g/mol. The van der Waals surface area contributed by atoms with Crippen molar-refractivity contribution in [2.45, 2.75) is 96.8 Å². The zero-order valence-electron chi connectivity index (χ0n) is 14.8. The topological polar surface area (TPSA) is 55.3 Å². The maximum absolute atomic E-state index is 10.6. The molecule has 3 nitrogen and oxygen atoms in total. The number of allylic oxidation sites excluding steroid dienone is 2. The summed E-state index contributed by atoms with van der Waals surface area (Å²) in [5.74, 6) is 0. The molecule has 138 valence electrons. The van der Waals surface area contributed by atoms with Crippen LogP contribution in [-0.2, 0) is 16.3 Å². The maximum Gasteiger partial charge on any atom is 0.0486 e. The molecule has 0 aliphatic heterocycles. The molecule has 5 heteroatoms. The first-order valence-electron chi connectivity index (χ1n) is 9.38. The zero-order valence-corrected chi connectivity index (χ0v) is 16.6. The van der Waals surface area contributed by atoms with Crippen molar-refractivity contribution in [3.63, 3.8) is 0 Å². The predicted molar refractivity (Wildman–Crippen MR) is 99.7 cm³/mol. The zero-order chi connectivity index (χ0) is 17.2. The fourth-order valence-corrected chi connectivity index (χ4v) is 3.10. The van der Waals surface area contributed by atoms with E-state index < -0.39 is 6.72 Å². The Hall–Kier alpha value is 0.270. The summed E-state index contributed by atoms with van der Waals surface area (Å²) in [6.07, 6.45) is 22.0. The van der Waals surface area contributed by atoms with Crippen LogP contribution in [0.25, 0.3) is 0 Å². The summed E-state index contributed by atoms with van der Waals surface area (Å²) >= 11 is 4.17. The summed E-state index contributed by atoms with van der Waals surface area (Å²) in [7, 11) is 0. The van der Waals surface area contributed by atoms with Gasteiger partial charge in [-0.1, -0.05) is 83.6 Å². The van der Waals surface area contributed by atoms with Gasteiger partial charge < -0.3 is 14.3 Å². The van der Waals surface area contributed by atoms with Gasteiger partial charge in [0.2, 0.25) is 0 Å². The Morgan fingerprint density at radius 3 is 1.65 bits per heavy atom. The smallest absolute Gasteiger partial charge is 0.0486 e. The highest BCUT2D eigenvalue weighted by Gasteiger charge is 1.92. The van der Waals surface area contributed by atoms with Crippen LogP contribution in [0.1, 0.15) is 96.8 Å². The first kappa shape index (κ1) is 23.3. The van der Waals surface area contributed by atoms with Crippen molar-refractivity contribution in [2.24, 2.45) is 0 Å². The molecule has 0 aromatic heterocycles. The minimum absolute atomic E-state index is 0.242. The molecular formula is C18H35O3PS-2. The van der Waals surface area contributed by atoms with Gasteiger partial charge in [0, 0.05) is 6.61 Å². The summed E-state index contributed by atoms with van der Waals surface area (Å²) in [5.41, 5.74) is 0. The molecule has 0 atom stereocenters. The predicted octanol–water partition coefficient (Wildman–Crippen LogP) is 4.99. The molecule has 0 saturated heterocycles. The van der Waals surface area contributed by atoms with E-state index in [2.05, 4.69) is 35.4 Å². The molecule has 0 amide bonds. The highest BCUT2D eigenvalue weighted by atomic mass is 32.5. The van der Waals surface area contributed by atoms with Crippen LogP contribution in [0.2, 0.25) is 0 Å². The molecule has 23 heavy (non-hydrogen) atoms. The molecule has 0 bridgehead atoms. The van der Waals surface area contributed by atoms with Gasteiger partial charge >= 0.3 is 0 Å². The number of rotatable bonds is 17. The van der Waals surface area contributed by atoms with Gasteiger partial charge in [-0.05, 0) is 32.1 Å². The molecule has 0 aromatic carbocycles. The molecule has 0 radical (unpaired) electrons. The second-order valence-electron chi connectivity index (χ2n) is 6.22. The minimum Gasteiger partial charge on any atom is -0.812 e. The van der Waals surface area contributed by atoms with Crippen LogP contribution >= 0.6 is 6.72 Å². The van der Waals surface area contributed by atoms with E-state index >= 15 is 0 Å². The molecule has 0 aliphatic rings. The second-order valence-corrected chi connectivity index (χ2v) is 8.71. The lowest BCUT2D eigenvalue weighted by Gasteiger charge is -2.34. The van der Waals surface area contributed by atoms with E-state index in [1.165, 1.54) is 70.6 Å². The van der Waals surface area contributed by atoms with Crippen LogP contribution in [0.4, 0.5) is 0 Å². The number of hydrogen-bond donors (Lipinski definition) is 0. The van der Waals surface area contributed by atoms with Gasteiger partial charge in [0.05, 0.1) is 0 Å². The van der Waals surface area contributed by atoms with Crippen molar-refractivity contribution in [2.75, 3.05) is 6.61 Å². The number of unbranched alkanes of at least 4 members (excludes halogenated alkanes) is 12. The van der Waals surface area contributed by atoms with Gasteiger partial charge in [0.25, 0.3) is 0 Å². The third kappa shape index (κ3) is 22.3.